The predicted octanol–water partition coefficient (Wildman–Crippen LogP) is 3.83. The maximum atomic E-state index is 5.89. The van der Waals surface area contributed by atoms with Gasteiger partial charge in [0.05, 0.1) is 11.6 Å². The molecule has 1 aliphatic rings. The second-order valence-corrected chi connectivity index (χ2v) is 5.17. The first-order valence-electron chi connectivity index (χ1n) is 7.55. The van der Waals surface area contributed by atoms with Gasteiger partial charge in [-0.25, -0.2) is 0 Å². The molecule has 0 N–H and O–H groups in total. The summed E-state index contributed by atoms with van der Waals surface area (Å²) >= 11 is 0. The van der Waals surface area contributed by atoms with E-state index >= 15 is 0 Å². The van der Waals surface area contributed by atoms with E-state index in [0.29, 0.717) is 6.04 Å². The van der Waals surface area contributed by atoms with Gasteiger partial charge in [-0.1, -0.05) is 27.7 Å². The number of hydrogen-bond donors (Lipinski definition) is 0. The van der Waals surface area contributed by atoms with Gasteiger partial charge in [0, 0.05) is 19.4 Å². The molecule has 18 heavy (non-hydrogen) atoms. The van der Waals surface area contributed by atoms with Crippen LogP contribution in [0.4, 0.5) is 0 Å². The van der Waals surface area contributed by atoms with E-state index in [1.807, 2.05) is 7.11 Å². The van der Waals surface area contributed by atoms with Crippen molar-refractivity contribution in [3.05, 3.63) is 0 Å². The van der Waals surface area contributed by atoms with Crippen molar-refractivity contribution in [2.75, 3.05) is 13.7 Å². The van der Waals surface area contributed by atoms with Gasteiger partial charge in [0.1, 0.15) is 0 Å². The normalized spacial score (nSPS) is 20.3. The topological polar surface area (TPSA) is 24.8 Å². The number of nitrogens with zero attached hydrogens (tertiary/aromatic N) is 2. The van der Waals surface area contributed by atoms with E-state index in [1.54, 1.807) is 0 Å². The largest absolute Gasteiger partial charge is 0.376 e. The van der Waals surface area contributed by atoms with Crippen LogP contribution in [0.3, 0.4) is 0 Å². The third kappa shape index (κ3) is 3.05. The highest BCUT2D eigenvalue weighted by atomic mass is 16.5. The van der Waals surface area contributed by atoms with Gasteiger partial charge in [0.25, 0.3) is 0 Å². The first kappa shape index (κ1) is 15.5. The van der Waals surface area contributed by atoms with Gasteiger partial charge in [-0.05, 0) is 38.5 Å². The fourth-order valence-corrected chi connectivity index (χ4v) is 3.12. The SMILES string of the molecule is CCC(CC)=NN1CCC[C@H]1C(CC)(CC)OC. The molecule has 0 radical (unpaired) electrons. The lowest BCUT2D eigenvalue weighted by molar-refractivity contribution is -0.0732. The summed E-state index contributed by atoms with van der Waals surface area (Å²) in [6.07, 6.45) is 6.67. The molecular formula is C15H30N2O. The molecule has 1 heterocycles. The van der Waals surface area contributed by atoms with Crippen molar-refractivity contribution < 1.29 is 4.74 Å². The lowest BCUT2D eigenvalue weighted by Gasteiger charge is -2.40. The quantitative estimate of drug-likeness (QED) is 0.645. The van der Waals surface area contributed by atoms with Gasteiger partial charge in [-0.3, -0.25) is 5.01 Å². The van der Waals surface area contributed by atoms with Crippen LogP contribution in [0.15, 0.2) is 5.10 Å². The lowest BCUT2D eigenvalue weighted by atomic mass is 9.87. The predicted molar refractivity (Wildman–Crippen MR) is 78.1 cm³/mol. The van der Waals surface area contributed by atoms with Crippen LogP contribution >= 0.6 is 0 Å². The monoisotopic (exact) mass is 254 g/mol. The summed E-state index contributed by atoms with van der Waals surface area (Å²) in [7, 11) is 1.85. The molecule has 0 aromatic rings. The van der Waals surface area contributed by atoms with E-state index in [4.69, 9.17) is 9.84 Å². The molecule has 1 aliphatic heterocycles. The first-order valence-corrected chi connectivity index (χ1v) is 7.55. The molecule has 3 nitrogen and oxygen atoms in total. The van der Waals surface area contributed by atoms with Crippen molar-refractivity contribution in [3.8, 4) is 0 Å². The number of ether oxygens (including phenoxy) is 1. The second-order valence-electron chi connectivity index (χ2n) is 5.17. The third-order valence-corrected chi connectivity index (χ3v) is 4.52. The Labute approximate surface area is 113 Å². The molecule has 0 spiro atoms. The van der Waals surface area contributed by atoms with Crippen molar-refractivity contribution in [2.45, 2.75) is 77.9 Å². The van der Waals surface area contributed by atoms with E-state index in [1.165, 1.54) is 18.6 Å². The molecule has 1 saturated heterocycles. The summed E-state index contributed by atoms with van der Waals surface area (Å²) in [4.78, 5) is 0. The van der Waals surface area contributed by atoms with E-state index < -0.39 is 0 Å². The Morgan fingerprint density at radius 3 is 2.28 bits per heavy atom. The minimum Gasteiger partial charge on any atom is -0.376 e. The van der Waals surface area contributed by atoms with Crippen molar-refractivity contribution in [3.63, 3.8) is 0 Å². The van der Waals surface area contributed by atoms with Gasteiger partial charge in [0.15, 0.2) is 0 Å². The molecule has 0 aliphatic carbocycles. The zero-order chi connectivity index (χ0) is 13.6. The Bertz CT molecular complexity index is 257. The lowest BCUT2D eigenvalue weighted by Crippen LogP contribution is -2.49. The second kappa shape index (κ2) is 7.13. The number of hydrogen-bond acceptors (Lipinski definition) is 3. The molecule has 1 rings (SSSR count). The third-order valence-electron chi connectivity index (χ3n) is 4.52. The molecule has 0 saturated carbocycles. The first-order chi connectivity index (χ1) is 8.67. The van der Waals surface area contributed by atoms with E-state index in [2.05, 4.69) is 32.7 Å². The number of methoxy groups -OCH3 is 1. The molecular weight excluding hydrogens is 224 g/mol. The van der Waals surface area contributed by atoms with Crippen LogP contribution in [0.5, 0.6) is 0 Å². The van der Waals surface area contributed by atoms with Gasteiger partial charge < -0.3 is 4.74 Å². The molecule has 0 aromatic heterocycles. The highest BCUT2D eigenvalue weighted by Crippen LogP contribution is 2.34. The van der Waals surface area contributed by atoms with Gasteiger partial charge in [-0.2, -0.15) is 5.10 Å². The smallest absolute Gasteiger partial charge is 0.0892 e. The minimum atomic E-state index is -0.0212. The maximum Gasteiger partial charge on any atom is 0.0892 e. The van der Waals surface area contributed by atoms with Crippen LogP contribution < -0.4 is 0 Å². The van der Waals surface area contributed by atoms with Gasteiger partial charge in [-0.15, -0.1) is 0 Å². The highest BCUT2D eigenvalue weighted by molar-refractivity contribution is 5.83. The zero-order valence-corrected chi connectivity index (χ0v) is 12.8. The summed E-state index contributed by atoms with van der Waals surface area (Å²) in [6.45, 7) is 9.92. The summed E-state index contributed by atoms with van der Waals surface area (Å²) in [5.74, 6) is 0. The van der Waals surface area contributed by atoms with Crippen LogP contribution in [0.2, 0.25) is 0 Å². The van der Waals surface area contributed by atoms with Crippen molar-refractivity contribution in [1.29, 1.82) is 0 Å². The Kier molecular flexibility index (Phi) is 6.13. The van der Waals surface area contributed by atoms with Crippen LogP contribution in [0.25, 0.3) is 0 Å². The highest BCUT2D eigenvalue weighted by Gasteiger charge is 2.42. The molecule has 1 atom stereocenters. The van der Waals surface area contributed by atoms with Crippen molar-refractivity contribution >= 4 is 5.71 Å². The van der Waals surface area contributed by atoms with Crippen LogP contribution in [0, 0.1) is 0 Å². The Morgan fingerprint density at radius 1 is 1.22 bits per heavy atom. The summed E-state index contributed by atoms with van der Waals surface area (Å²) in [6, 6.07) is 0.450. The standard InChI is InChI=1S/C15H30N2O/c1-6-13(7-2)16-17-12-10-11-14(17)15(8-3,9-4)18-5/h14H,6-12H2,1-5H3/t14-/m0/s1. The molecule has 0 amide bonds. The van der Waals surface area contributed by atoms with E-state index in [-0.39, 0.29) is 5.60 Å². The van der Waals surface area contributed by atoms with Crippen LogP contribution in [0.1, 0.15) is 66.2 Å². The Balaban J connectivity index is 2.90. The van der Waals surface area contributed by atoms with Gasteiger partial charge >= 0.3 is 0 Å². The molecule has 0 unspecified atom stereocenters. The maximum absolute atomic E-state index is 5.89. The van der Waals surface area contributed by atoms with E-state index in [9.17, 15) is 0 Å². The molecule has 1 fully saturated rings. The van der Waals surface area contributed by atoms with Crippen LogP contribution in [-0.4, -0.2) is 36.0 Å². The molecule has 0 bridgehead atoms. The zero-order valence-electron chi connectivity index (χ0n) is 12.8. The minimum absolute atomic E-state index is 0.0212. The molecule has 0 aromatic carbocycles. The average molecular weight is 254 g/mol. The summed E-state index contributed by atoms with van der Waals surface area (Å²) in [5.41, 5.74) is 1.28. The summed E-state index contributed by atoms with van der Waals surface area (Å²) < 4.78 is 5.89. The Hall–Kier alpha value is -0.570. The van der Waals surface area contributed by atoms with Crippen molar-refractivity contribution in [1.82, 2.24) is 5.01 Å². The fourth-order valence-electron chi connectivity index (χ4n) is 3.12. The van der Waals surface area contributed by atoms with Crippen LogP contribution in [-0.2, 0) is 4.74 Å². The van der Waals surface area contributed by atoms with Crippen molar-refractivity contribution in [2.24, 2.45) is 5.10 Å². The summed E-state index contributed by atoms with van der Waals surface area (Å²) in [5, 5.41) is 7.18. The van der Waals surface area contributed by atoms with E-state index in [0.717, 1.165) is 32.2 Å². The fraction of sp³-hybridized carbons (Fsp3) is 0.933. The average Bonchev–Trinajstić information content (AvgIpc) is 2.87. The molecule has 106 valence electrons. The van der Waals surface area contributed by atoms with Gasteiger partial charge in [0.2, 0.25) is 0 Å². The number of rotatable bonds is 7. The number of hydrazone groups is 1. The Morgan fingerprint density at radius 2 is 1.83 bits per heavy atom. The molecule has 3 heteroatoms.